The molecular weight excluding hydrogens is 435 g/mol. The number of rotatable bonds is 8. The molecule has 0 aliphatic heterocycles. The predicted molar refractivity (Wildman–Crippen MR) is 133 cm³/mol. The molecule has 4 aromatic carbocycles. The Balaban J connectivity index is 1.33. The van der Waals surface area contributed by atoms with Crippen LogP contribution in [0.4, 0.5) is 4.39 Å². The minimum absolute atomic E-state index is 0.0756. The van der Waals surface area contributed by atoms with E-state index in [2.05, 4.69) is 46.8 Å². The van der Waals surface area contributed by atoms with Gasteiger partial charge in [-0.25, -0.2) is 4.39 Å². The number of hydrogen-bond donors (Lipinski definition) is 2. The van der Waals surface area contributed by atoms with Crippen LogP contribution in [0.25, 0.3) is 21.7 Å². The van der Waals surface area contributed by atoms with E-state index in [9.17, 15) is 4.39 Å². The maximum atomic E-state index is 14.2. The third-order valence-corrected chi connectivity index (χ3v) is 6.33. The molecule has 1 heterocycles. The zero-order valence-corrected chi connectivity index (χ0v) is 18.8. The highest BCUT2D eigenvalue weighted by Crippen LogP contribution is 2.30. The van der Waals surface area contributed by atoms with E-state index < -0.39 is 0 Å². The molecule has 0 spiro atoms. The average Bonchev–Trinajstić information content (AvgIpc) is 3.25. The normalized spacial score (nSPS) is 11.3. The first-order chi connectivity index (χ1) is 16.2. The van der Waals surface area contributed by atoms with Gasteiger partial charge >= 0.3 is 0 Å². The number of para-hydroxylation sites is 1. The SMILES string of the molecule is Fc1cccc(Cl)c1COc1ccc2ccccc2c1CNCCc1c[nH]c2ccccc12. The van der Waals surface area contributed by atoms with E-state index in [4.69, 9.17) is 16.3 Å². The molecule has 5 heteroatoms. The minimum atomic E-state index is -0.360. The van der Waals surface area contributed by atoms with Gasteiger partial charge in [0.15, 0.2) is 0 Å². The van der Waals surface area contributed by atoms with Crippen LogP contribution in [0.2, 0.25) is 5.02 Å². The van der Waals surface area contributed by atoms with Crippen molar-refractivity contribution >= 4 is 33.3 Å². The van der Waals surface area contributed by atoms with Crippen molar-refractivity contribution < 1.29 is 9.13 Å². The van der Waals surface area contributed by atoms with Gasteiger partial charge < -0.3 is 15.0 Å². The quantitative estimate of drug-likeness (QED) is 0.245. The van der Waals surface area contributed by atoms with Crippen LogP contribution in [0.15, 0.2) is 85.1 Å². The highest BCUT2D eigenvalue weighted by molar-refractivity contribution is 6.31. The maximum absolute atomic E-state index is 14.2. The molecule has 0 bridgehead atoms. The third kappa shape index (κ3) is 4.58. The molecule has 0 fully saturated rings. The van der Waals surface area contributed by atoms with Crippen LogP contribution in [0.3, 0.4) is 0 Å². The lowest BCUT2D eigenvalue weighted by molar-refractivity contribution is 0.296. The molecule has 0 saturated carbocycles. The van der Waals surface area contributed by atoms with Crippen molar-refractivity contribution in [3.63, 3.8) is 0 Å². The van der Waals surface area contributed by atoms with Gasteiger partial charge in [0, 0.05) is 34.8 Å². The number of fused-ring (bicyclic) bond motifs is 2. The summed E-state index contributed by atoms with van der Waals surface area (Å²) in [6, 6.07) is 25.2. The van der Waals surface area contributed by atoms with Gasteiger partial charge in [-0.1, -0.05) is 66.2 Å². The second-order valence-electron chi connectivity index (χ2n) is 8.04. The van der Waals surface area contributed by atoms with Crippen molar-refractivity contribution in [3.05, 3.63) is 113 Å². The molecule has 0 aliphatic carbocycles. The molecular formula is C28H24ClFN2O. The summed E-state index contributed by atoms with van der Waals surface area (Å²) in [6.45, 7) is 1.54. The van der Waals surface area contributed by atoms with Gasteiger partial charge in [-0.05, 0) is 53.6 Å². The topological polar surface area (TPSA) is 37.0 Å². The number of ether oxygens (including phenoxy) is 1. The zero-order valence-electron chi connectivity index (χ0n) is 18.1. The van der Waals surface area contributed by atoms with Crippen molar-refractivity contribution in [1.82, 2.24) is 10.3 Å². The number of aromatic amines is 1. The Morgan fingerprint density at radius 1 is 0.848 bits per heavy atom. The minimum Gasteiger partial charge on any atom is -0.488 e. The van der Waals surface area contributed by atoms with Gasteiger partial charge in [0.2, 0.25) is 0 Å². The van der Waals surface area contributed by atoms with E-state index in [1.807, 2.05) is 30.3 Å². The van der Waals surface area contributed by atoms with Crippen LogP contribution in [-0.2, 0) is 19.6 Å². The Bertz CT molecular complexity index is 1390. The number of hydrogen-bond acceptors (Lipinski definition) is 2. The number of H-pyrrole nitrogens is 1. The van der Waals surface area contributed by atoms with Gasteiger partial charge in [-0.15, -0.1) is 0 Å². The van der Waals surface area contributed by atoms with E-state index in [-0.39, 0.29) is 12.4 Å². The number of benzene rings is 4. The first-order valence-electron chi connectivity index (χ1n) is 11.0. The summed E-state index contributed by atoms with van der Waals surface area (Å²) in [5.74, 6) is 0.370. The molecule has 0 unspecified atom stereocenters. The summed E-state index contributed by atoms with van der Waals surface area (Å²) in [7, 11) is 0. The number of halogens is 2. The summed E-state index contributed by atoms with van der Waals surface area (Å²) in [4.78, 5) is 3.33. The summed E-state index contributed by atoms with van der Waals surface area (Å²) >= 11 is 6.19. The molecule has 0 saturated heterocycles. The fraction of sp³-hybridized carbons (Fsp3) is 0.143. The first kappa shape index (κ1) is 21.5. The van der Waals surface area contributed by atoms with Crippen LogP contribution < -0.4 is 10.1 Å². The molecule has 0 radical (unpaired) electrons. The Labute approximate surface area is 197 Å². The Kier molecular flexibility index (Phi) is 6.29. The lowest BCUT2D eigenvalue weighted by Gasteiger charge is -2.16. The smallest absolute Gasteiger partial charge is 0.131 e. The van der Waals surface area contributed by atoms with E-state index in [0.717, 1.165) is 40.6 Å². The fourth-order valence-corrected chi connectivity index (χ4v) is 4.45. The van der Waals surface area contributed by atoms with Crippen LogP contribution >= 0.6 is 11.6 Å². The highest BCUT2D eigenvalue weighted by Gasteiger charge is 2.12. The second kappa shape index (κ2) is 9.65. The Morgan fingerprint density at radius 3 is 2.55 bits per heavy atom. The van der Waals surface area contributed by atoms with E-state index >= 15 is 0 Å². The average molecular weight is 459 g/mol. The molecule has 166 valence electrons. The van der Waals surface area contributed by atoms with Gasteiger partial charge in [0.25, 0.3) is 0 Å². The molecule has 0 aliphatic rings. The van der Waals surface area contributed by atoms with Crippen molar-refractivity contribution in [1.29, 1.82) is 0 Å². The van der Waals surface area contributed by atoms with Gasteiger partial charge in [0.1, 0.15) is 18.2 Å². The Hall–Kier alpha value is -3.34. The van der Waals surface area contributed by atoms with Gasteiger partial charge in [-0.3, -0.25) is 0 Å². The van der Waals surface area contributed by atoms with Crippen molar-refractivity contribution in [2.45, 2.75) is 19.6 Å². The van der Waals surface area contributed by atoms with Crippen LogP contribution in [0.5, 0.6) is 5.75 Å². The zero-order chi connectivity index (χ0) is 22.6. The van der Waals surface area contributed by atoms with Gasteiger partial charge in [-0.2, -0.15) is 0 Å². The molecule has 33 heavy (non-hydrogen) atoms. The molecule has 1 aromatic heterocycles. The molecule has 0 amide bonds. The summed E-state index contributed by atoms with van der Waals surface area (Å²) in [5.41, 5.74) is 3.87. The maximum Gasteiger partial charge on any atom is 0.131 e. The molecule has 3 nitrogen and oxygen atoms in total. The summed E-state index contributed by atoms with van der Waals surface area (Å²) in [6.07, 6.45) is 2.99. The van der Waals surface area contributed by atoms with Crippen LogP contribution in [0.1, 0.15) is 16.7 Å². The standard InChI is InChI=1S/C28H24ClFN2O/c29-25-9-5-10-26(30)24(25)18-33-28-13-12-19-6-1-2-7-21(19)23(28)17-31-15-14-20-16-32-27-11-4-3-8-22(20)27/h1-13,16,31-32H,14-15,17-18H2. The third-order valence-electron chi connectivity index (χ3n) is 5.98. The van der Waals surface area contributed by atoms with E-state index in [1.54, 1.807) is 12.1 Å². The summed E-state index contributed by atoms with van der Waals surface area (Å²) in [5, 5.41) is 7.45. The molecule has 5 rings (SSSR count). The van der Waals surface area contributed by atoms with Crippen molar-refractivity contribution in [2.75, 3.05) is 6.54 Å². The highest BCUT2D eigenvalue weighted by atomic mass is 35.5. The van der Waals surface area contributed by atoms with Crippen molar-refractivity contribution in [3.8, 4) is 5.75 Å². The fourth-order valence-electron chi connectivity index (χ4n) is 4.23. The van der Waals surface area contributed by atoms with Crippen LogP contribution in [0, 0.1) is 5.82 Å². The summed E-state index contributed by atoms with van der Waals surface area (Å²) < 4.78 is 20.3. The van der Waals surface area contributed by atoms with Crippen molar-refractivity contribution in [2.24, 2.45) is 0 Å². The lowest BCUT2D eigenvalue weighted by Crippen LogP contribution is -2.17. The molecule has 0 atom stereocenters. The monoisotopic (exact) mass is 458 g/mol. The Morgan fingerprint density at radius 2 is 1.67 bits per heavy atom. The lowest BCUT2D eigenvalue weighted by atomic mass is 10.0. The first-order valence-corrected chi connectivity index (χ1v) is 11.4. The molecule has 5 aromatic rings. The van der Waals surface area contributed by atoms with Gasteiger partial charge in [0.05, 0.1) is 5.02 Å². The van der Waals surface area contributed by atoms with E-state index in [1.165, 1.54) is 17.0 Å². The number of nitrogens with one attached hydrogen (secondary N) is 2. The second-order valence-corrected chi connectivity index (χ2v) is 8.45. The van der Waals surface area contributed by atoms with Crippen LogP contribution in [-0.4, -0.2) is 11.5 Å². The largest absolute Gasteiger partial charge is 0.488 e. The number of aromatic nitrogens is 1. The van der Waals surface area contributed by atoms with E-state index in [0.29, 0.717) is 17.1 Å². The predicted octanol–water partition coefficient (Wildman–Crippen LogP) is 7.02. The molecule has 2 N–H and O–H groups in total.